The summed E-state index contributed by atoms with van der Waals surface area (Å²) in [5.74, 6) is -1.74. The molecule has 120 valence electrons. The van der Waals surface area contributed by atoms with E-state index in [1.165, 1.54) is 20.8 Å². The van der Waals surface area contributed by atoms with Crippen LogP contribution in [0.5, 0.6) is 0 Å². The van der Waals surface area contributed by atoms with Gasteiger partial charge in [-0.3, -0.25) is 14.4 Å². The Hall–Kier alpha value is -1.67. The zero-order valence-corrected chi connectivity index (χ0v) is 12.5. The molecular weight excluding hydrogens is 284 g/mol. The van der Waals surface area contributed by atoms with Crippen LogP contribution in [0.1, 0.15) is 27.7 Å². The normalized spacial score (nSPS) is 28.6. The lowest BCUT2D eigenvalue weighted by molar-refractivity contribution is -0.279. The van der Waals surface area contributed by atoms with Gasteiger partial charge in [0.1, 0.15) is 0 Å². The lowest BCUT2D eigenvalue weighted by Crippen LogP contribution is -2.58. The maximum absolute atomic E-state index is 11.3. The zero-order valence-electron chi connectivity index (χ0n) is 12.5. The molecule has 1 rings (SSSR count). The van der Waals surface area contributed by atoms with Gasteiger partial charge in [-0.2, -0.15) is 0 Å². The van der Waals surface area contributed by atoms with Crippen LogP contribution in [-0.4, -0.2) is 55.7 Å². The summed E-state index contributed by atoms with van der Waals surface area (Å²) in [6.07, 6.45) is -3.76. The van der Waals surface area contributed by atoms with E-state index >= 15 is 0 Å². The van der Waals surface area contributed by atoms with E-state index in [4.69, 9.17) is 23.7 Å². The van der Waals surface area contributed by atoms with Gasteiger partial charge in [0.2, 0.25) is 0 Å². The van der Waals surface area contributed by atoms with Gasteiger partial charge in [-0.1, -0.05) is 0 Å². The zero-order chi connectivity index (χ0) is 16.0. The standard InChI is InChI=1S/C13H20O8/c1-5-17-13-12(21-9(4)16)11(20-8(3)15)10(6-18-13)19-7(2)14/h10-13H,5-6H2,1-4H3/t10-,11+,12-,13-/m1/s1. The van der Waals surface area contributed by atoms with Crippen molar-refractivity contribution in [2.45, 2.75) is 52.3 Å². The molecule has 1 aliphatic rings. The number of rotatable bonds is 5. The lowest BCUT2D eigenvalue weighted by atomic mass is 10.0. The van der Waals surface area contributed by atoms with Crippen LogP contribution >= 0.6 is 0 Å². The second-order valence-corrected chi connectivity index (χ2v) is 4.45. The van der Waals surface area contributed by atoms with E-state index in [9.17, 15) is 14.4 Å². The molecule has 1 saturated heterocycles. The summed E-state index contributed by atoms with van der Waals surface area (Å²) in [6.45, 7) is 5.67. The molecule has 0 aromatic heterocycles. The predicted molar refractivity (Wildman–Crippen MR) is 68.0 cm³/mol. The van der Waals surface area contributed by atoms with Crippen LogP contribution in [0.15, 0.2) is 0 Å². The van der Waals surface area contributed by atoms with Crippen LogP contribution in [0.2, 0.25) is 0 Å². The second-order valence-electron chi connectivity index (χ2n) is 4.45. The smallest absolute Gasteiger partial charge is 0.303 e. The van der Waals surface area contributed by atoms with Crippen molar-refractivity contribution in [2.75, 3.05) is 13.2 Å². The molecule has 21 heavy (non-hydrogen) atoms. The van der Waals surface area contributed by atoms with Gasteiger partial charge in [-0.15, -0.1) is 0 Å². The van der Waals surface area contributed by atoms with Gasteiger partial charge in [0.15, 0.2) is 24.6 Å². The van der Waals surface area contributed by atoms with E-state index in [0.717, 1.165) is 0 Å². The van der Waals surface area contributed by atoms with Crippen LogP contribution < -0.4 is 0 Å². The molecule has 0 aromatic rings. The predicted octanol–water partition coefficient (Wildman–Crippen LogP) is 0.174. The Labute approximate surface area is 122 Å². The van der Waals surface area contributed by atoms with E-state index in [2.05, 4.69) is 0 Å². The molecule has 0 amide bonds. The van der Waals surface area contributed by atoms with Gasteiger partial charge in [-0.05, 0) is 6.92 Å². The fourth-order valence-corrected chi connectivity index (χ4v) is 2.02. The maximum atomic E-state index is 11.3. The molecule has 0 spiro atoms. The topological polar surface area (TPSA) is 97.4 Å². The summed E-state index contributed by atoms with van der Waals surface area (Å²) in [4.78, 5) is 33.6. The summed E-state index contributed by atoms with van der Waals surface area (Å²) in [6, 6.07) is 0. The van der Waals surface area contributed by atoms with Crippen LogP contribution in [0, 0.1) is 0 Å². The summed E-state index contributed by atoms with van der Waals surface area (Å²) in [5, 5.41) is 0. The SMILES string of the molecule is CCO[C@@H]1OC[C@@H](OC(C)=O)[C@H](OC(C)=O)[C@H]1OC(C)=O. The Bertz CT molecular complexity index is 394. The molecule has 0 aromatic carbocycles. The fourth-order valence-electron chi connectivity index (χ4n) is 2.02. The van der Waals surface area contributed by atoms with Crippen LogP contribution in [0.25, 0.3) is 0 Å². The maximum Gasteiger partial charge on any atom is 0.303 e. The lowest BCUT2D eigenvalue weighted by Gasteiger charge is -2.39. The Balaban J connectivity index is 2.97. The van der Waals surface area contributed by atoms with Crippen molar-refractivity contribution >= 4 is 17.9 Å². The van der Waals surface area contributed by atoms with Crippen molar-refractivity contribution in [3.8, 4) is 0 Å². The number of hydrogen-bond donors (Lipinski definition) is 0. The highest BCUT2D eigenvalue weighted by Crippen LogP contribution is 2.25. The number of carbonyl (C=O) groups excluding carboxylic acids is 3. The van der Waals surface area contributed by atoms with Crippen LogP contribution in [-0.2, 0) is 38.1 Å². The number of esters is 3. The minimum absolute atomic E-state index is 0.0278. The first-order valence-corrected chi connectivity index (χ1v) is 6.60. The Morgan fingerprint density at radius 2 is 1.48 bits per heavy atom. The molecule has 8 nitrogen and oxygen atoms in total. The fraction of sp³-hybridized carbons (Fsp3) is 0.769. The molecule has 4 atom stereocenters. The highest BCUT2D eigenvalue weighted by molar-refractivity contribution is 5.68. The average molecular weight is 304 g/mol. The van der Waals surface area contributed by atoms with Crippen molar-refractivity contribution in [3.63, 3.8) is 0 Å². The van der Waals surface area contributed by atoms with Crippen molar-refractivity contribution in [2.24, 2.45) is 0 Å². The molecular formula is C13H20O8. The third kappa shape index (κ3) is 5.31. The highest BCUT2D eigenvalue weighted by Gasteiger charge is 2.47. The van der Waals surface area contributed by atoms with Crippen LogP contribution in [0.4, 0.5) is 0 Å². The van der Waals surface area contributed by atoms with E-state index in [0.29, 0.717) is 6.61 Å². The quantitative estimate of drug-likeness (QED) is 0.524. The molecule has 1 aliphatic heterocycles. The summed E-state index contributed by atoms with van der Waals surface area (Å²) in [5.41, 5.74) is 0. The monoisotopic (exact) mass is 304 g/mol. The van der Waals surface area contributed by atoms with E-state index in [1.54, 1.807) is 6.92 Å². The largest absolute Gasteiger partial charge is 0.456 e. The number of ether oxygens (including phenoxy) is 5. The highest BCUT2D eigenvalue weighted by atomic mass is 16.7. The number of hydrogen-bond acceptors (Lipinski definition) is 8. The third-order valence-corrected chi connectivity index (χ3v) is 2.64. The Morgan fingerprint density at radius 3 is 1.95 bits per heavy atom. The summed E-state index contributed by atoms with van der Waals surface area (Å²) < 4.78 is 26.0. The molecule has 1 heterocycles. The molecule has 0 unspecified atom stereocenters. The summed E-state index contributed by atoms with van der Waals surface area (Å²) >= 11 is 0. The van der Waals surface area contributed by atoms with Gasteiger partial charge in [0.05, 0.1) is 6.61 Å². The number of carbonyl (C=O) groups is 3. The molecule has 0 bridgehead atoms. The van der Waals surface area contributed by atoms with E-state index in [-0.39, 0.29) is 6.61 Å². The van der Waals surface area contributed by atoms with Gasteiger partial charge in [0.25, 0.3) is 0 Å². The third-order valence-electron chi connectivity index (χ3n) is 2.64. The average Bonchev–Trinajstić information content (AvgIpc) is 2.35. The van der Waals surface area contributed by atoms with Crippen molar-refractivity contribution in [3.05, 3.63) is 0 Å². The van der Waals surface area contributed by atoms with Gasteiger partial charge in [-0.25, -0.2) is 0 Å². The Morgan fingerprint density at radius 1 is 0.952 bits per heavy atom. The Kier molecular flexibility index (Phi) is 6.57. The molecule has 0 radical (unpaired) electrons. The minimum Gasteiger partial charge on any atom is -0.456 e. The van der Waals surface area contributed by atoms with Gasteiger partial charge < -0.3 is 23.7 Å². The van der Waals surface area contributed by atoms with Crippen molar-refractivity contribution in [1.82, 2.24) is 0 Å². The molecule has 1 fully saturated rings. The van der Waals surface area contributed by atoms with E-state index in [1.807, 2.05) is 0 Å². The van der Waals surface area contributed by atoms with Crippen molar-refractivity contribution in [1.29, 1.82) is 0 Å². The first kappa shape index (κ1) is 17.4. The van der Waals surface area contributed by atoms with Crippen molar-refractivity contribution < 1.29 is 38.1 Å². The van der Waals surface area contributed by atoms with Gasteiger partial charge in [0, 0.05) is 27.4 Å². The van der Waals surface area contributed by atoms with Crippen LogP contribution in [0.3, 0.4) is 0 Å². The minimum atomic E-state index is -1.01. The molecule has 0 aliphatic carbocycles. The van der Waals surface area contributed by atoms with Gasteiger partial charge >= 0.3 is 17.9 Å². The second kappa shape index (κ2) is 7.94. The summed E-state index contributed by atoms with van der Waals surface area (Å²) in [7, 11) is 0. The first-order valence-electron chi connectivity index (χ1n) is 6.60. The van der Waals surface area contributed by atoms with E-state index < -0.39 is 42.5 Å². The molecule has 0 N–H and O–H groups in total. The molecule has 0 saturated carbocycles. The first-order chi connectivity index (χ1) is 9.85. The molecule has 8 heteroatoms.